The van der Waals surface area contributed by atoms with Crippen molar-refractivity contribution in [2.45, 2.75) is 30.4 Å². The number of thioether (sulfide) groups is 1. The molecule has 0 aliphatic heterocycles. The van der Waals surface area contributed by atoms with E-state index in [0.29, 0.717) is 5.13 Å². The number of aryl methyl sites for hydroxylation is 2. The lowest BCUT2D eigenvalue weighted by atomic mass is 10.1. The molecule has 2 nitrogen and oxygen atoms in total. The van der Waals surface area contributed by atoms with E-state index in [4.69, 9.17) is 5.73 Å². The summed E-state index contributed by atoms with van der Waals surface area (Å²) in [5, 5.41) is 0.680. The summed E-state index contributed by atoms with van der Waals surface area (Å²) >= 11 is 3.48. The number of aromatic nitrogens is 1. The molecule has 0 radical (unpaired) electrons. The van der Waals surface area contributed by atoms with Gasteiger partial charge >= 0.3 is 0 Å². The second kappa shape index (κ2) is 6.81. The quantitative estimate of drug-likeness (QED) is 0.637. The average molecular weight is 278 g/mol. The molecule has 1 aromatic heterocycles. The van der Waals surface area contributed by atoms with Gasteiger partial charge in [-0.05, 0) is 37.5 Å². The van der Waals surface area contributed by atoms with Crippen molar-refractivity contribution in [1.29, 1.82) is 0 Å². The monoisotopic (exact) mass is 278 g/mol. The van der Waals surface area contributed by atoms with Gasteiger partial charge in [-0.2, -0.15) is 0 Å². The number of unbranched alkanes of at least 4 members (excludes halogenated alkanes) is 1. The van der Waals surface area contributed by atoms with Crippen molar-refractivity contribution in [3.63, 3.8) is 0 Å². The number of thiazole rings is 1. The van der Waals surface area contributed by atoms with Crippen molar-refractivity contribution in [3.05, 3.63) is 41.6 Å². The lowest BCUT2D eigenvalue weighted by Gasteiger charge is -2.01. The van der Waals surface area contributed by atoms with Crippen molar-refractivity contribution >= 4 is 28.2 Å². The van der Waals surface area contributed by atoms with E-state index in [1.165, 1.54) is 29.0 Å². The Bertz CT molecular complexity index is 480. The van der Waals surface area contributed by atoms with Crippen LogP contribution < -0.4 is 5.73 Å². The molecule has 1 heterocycles. The minimum absolute atomic E-state index is 0.680. The van der Waals surface area contributed by atoms with Crippen LogP contribution in [0.3, 0.4) is 0 Å². The van der Waals surface area contributed by atoms with Gasteiger partial charge in [-0.3, -0.25) is 0 Å². The molecule has 2 N–H and O–H groups in total. The Morgan fingerprint density at radius 1 is 1.22 bits per heavy atom. The van der Waals surface area contributed by atoms with Crippen molar-refractivity contribution in [2.24, 2.45) is 0 Å². The predicted octanol–water partition coefficient (Wildman–Crippen LogP) is 4.15. The number of nitrogens with zero attached hydrogens (tertiary/aromatic N) is 1. The third kappa shape index (κ3) is 4.03. The fourth-order valence-electron chi connectivity index (χ4n) is 1.78. The first-order chi connectivity index (χ1) is 8.75. The first-order valence-electron chi connectivity index (χ1n) is 6.15. The van der Waals surface area contributed by atoms with Crippen molar-refractivity contribution in [3.8, 4) is 0 Å². The molecule has 2 aromatic rings. The van der Waals surface area contributed by atoms with Gasteiger partial charge in [-0.25, -0.2) is 4.98 Å². The second-order valence-corrected chi connectivity index (χ2v) is 6.61. The number of nitrogens with two attached hydrogens (primary N) is 1. The van der Waals surface area contributed by atoms with Crippen LogP contribution in [0.1, 0.15) is 24.1 Å². The molecule has 0 atom stereocenters. The Balaban J connectivity index is 1.66. The van der Waals surface area contributed by atoms with Gasteiger partial charge in [0.15, 0.2) is 5.13 Å². The summed E-state index contributed by atoms with van der Waals surface area (Å²) < 4.78 is 1.27. The largest absolute Gasteiger partial charge is 0.375 e. The highest BCUT2D eigenvalue weighted by molar-refractivity contribution is 8.01. The highest BCUT2D eigenvalue weighted by atomic mass is 32.2. The van der Waals surface area contributed by atoms with E-state index < -0.39 is 0 Å². The van der Waals surface area contributed by atoms with E-state index in [-0.39, 0.29) is 0 Å². The lowest BCUT2D eigenvalue weighted by molar-refractivity contribution is 0.802. The van der Waals surface area contributed by atoms with Gasteiger partial charge in [-0.15, -0.1) is 11.8 Å². The summed E-state index contributed by atoms with van der Waals surface area (Å²) in [5.74, 6) is 1.15. The molecule has 0 spiro atoms. The average Bonchev–Trinajstić information content (AvgIpc) is 2.69. The standard InChI is InChI=1S/C14H18N2S2/c1-11-13(18-14(15)16-11)17-10-6-5-9-12-7-3-2-4-8-12/h2-4,7-8H,5-6,9-10H2,1H3,(H2,15,16). The fourth-order valence-corrected chi connectivity index (χ4v) is 3.87. The van der Waals surface area contributed by atoms with Crippen LogP contribution in [-0.4, -0.2) is 10.7 Å². The number of hydrogen-bond acceptors (Lipinski definition) is 4. The van der Waals surface area contributed by atoms with Crippen LogP contribution >= 0.6 is 23.1 Å². The molecular formula is C14H18N2S2. The second-order valence-electron chi connectivity index (χ2n) is 4.22. The van der Waals surface area contributed by atoms with Gasteiger partial charge in [0.05, 0.1) is 9.90 Å². The maximum atomic E-state index is 5.68. The Labute approximate surface area is 117 Å². The number of anilines is 1. The lowest BCUT2D eigenvalue weighted by Crippen LogP contribution is -1.87. The van der Waals surface area contributed by atoms with E-state index in [9.17, 15) is 0 Å². The number of nitrogen functional groups attached to an aromatic ring is 1. The molecule has 2 rings (SSSR count). The molecule has 18 heavy (non-hydrogen) atoms. The summed E-state index contributed by atoms with van der Waals surface area (Å²) in [6, 6.07) is 10.7. The zero-order chi connectivity index (χ0) is 12.8. The van der Waals surface area contributed by atoms with E-state index in [0.717, 1.165) is 11.4 Å². The number of benzene rings is 1. The molecule has 0 saturated carbocycles. The van der Waals surface area contributed by atoms with Gasteiger partial charge < -0.3 is 5.73 Å². The zero-order valence-electron chi connectivity index (χ0n) is 10.6. The first-order valence-corrected chi connectivity index (χ1v) is 7.95. The Hall–Kier alpha value is -1.00. The number of rotatable bonds is 6. The highest BCUT2D eigenvalue weighted by Gasteiger charge is 2.05. The number of hydrogen-bond donors (Lipinski definition) is 1. The van der Waals surface area contributed by atoms with Crippen LogP contribution in [0.4, 0.5) is 5.13 Å². The van der Waals surface area contributed by atoms with Gasteiger partial charge in [0.25, 0.3) is 0 Å². The van der Waals surface area contributed by atoms with Crippen LogP contribution in [0, 0.1) is 6.92 Å². The molecule has 0 fully saturated rings. The van der Waals surface area contributed by atoms with Gasteiger partial charge in [0, 0.05) is 0 Å². The van der Waals surface area contributed by atoms with Gasteiger partial charge in [-0.1, -0.05) is 41.7 Å². The minimum atomic E-state index is 0.680. The maximum Gasteiger partial charge on any atom is 0.181 e. The summed E-state index contributed by atoms with van der Waals surface area (Å²) in [7, 11) is 0. The van der Waals surface area contributed by atoms with Crippen molar-refractivity contribution in [1.82, 2.24) is 4.98 Å². The molecular weight excluding hydrogens is 260 g/mol. The maximum absolute atomic E-state index is 5.68. The third-order valence-corrected chi connectivity index (χ3v) is 5.14. The molecule has 96 valence electrons. The summed E-state index contributed by atoms with van der Waals surface area (Å²) in [4.78, 5) is 4.23. The summed E-state index contributed by atoms with van der Waals surface area (Å²) in [5.41, 5.74) is 8.19. The molecule has 0 amide bonds. The topological polar surface area (TPSA) is 38.9 Å². The Morgan fingerprint density at radius 2 is 2.00 bits per heavy atom. The van der Waals surface area contributed by atoms with E-state index in [2.05, 4.69) is 35.3 Å². The van der Waals surface area contributed by atoms with Gasteiger partial charge in [0.1, 0.15) is 0 Å². The first kappa shape index (κ1) is 13.4. The van der Waals surface area contributed by atoms with Gasteiger partial charge in [0.2, 0.25) is 0 Å². The smallest absolute Gasteiger partial charge is 0.181 e. The molecule has 0 saturated heterocycles. The SMILES string of the molecule is Cc1nc(N)sc1SCCCCc1ccccc1. The molecule has 1 aromatic carbocycles. The van der Waals surface area contributed by atoms with E-state index in [1.54, 1.807) is 11.3 Å². The molecule has 0 aliphatic rings. The third-order valence-electron chi connectivity index (χ3n) is 2.71. The fraction of sp³-hybridized carbons (Fsp3) is 0.357. The van der Waals surface area contributed by atoms with E-state index >= 15 is 0 Å². The molecule has 0 unspecified atom stereocenters. The molecule has 0 bridgehead atoms. The van der Waals surface area contributed by atoms with Crippen LogP contribution in [0.5, 0.6) is 0 Å². The Kier molecular flexibility index (Phi) is 5.08. The predicted molar refractivity (Wildman–Crippen MR) is 81.4 cm³/mol. The van der Waals surface area contributed by atoms with E-state index in [1.807, 2.05) is 18.7 Å². The Morgan fingerprint density at radius 3 is 2.67 bits per heavy atom. The minimum Gasteiger partial charge on any atom is -0.375 e. The molecule has 0 aliphatic carbocycles. The summed E-state index contributed by atoms with van der Waals surface area (Å²) in [6.07, 6.45) is 3.65. The van der Waals surface area contributed by atoms with Crippen molar-refractivity contribution < 1.29 is 0 Å². The van der Waals surface area contributed by atoms with Crippen LogP contribution in [0.15, 0.2) is 34.5 Å². The van der Waals surface area contributed by atoms with Crippen LogP contribution in [-0.2, 0) is 6.42 Å². The highest BCUT2D eigenvalue weighted by Crippen LogP contribution is 2.31. The molecule has 4 heteroatoms. The summed E-state index contributed by atoms with van der Waals surface area (Å²) in [6.45, 7) is 2.03. The zero-order valence-corrected chi connectivity index (χ0v) is 12.2. The van der Waals surface area contributed by atoms with Crippen LogP contribution in [0.25, 0.3) is 0 Å². The normalized spacial score (nSPS) is 10.7. The van der Waals surface area contributed by atoms with Crippen LogP contribution in [0.2, 0.25) is 0 Å². The van der Waals surface area contributed by atoms with Crippen molar-refractivity contribution in [2.75, 3.05) is 11.5 Å².